The van der Waals surface area contributed by atoms with E-state index < -0.39 is 8.97 Å². The van der Waals surface area contributed by atoms with Crippen molar-refractivity contribution in [1.29, 1.82) is 0 Å². The van der Waals surface area contributed by atoms with Gasteiger partial charge in [-0.05, 0) is 33.6 Å². The van der Waals surface area contributed by atoms with E-state index in [-0.39, 0.29) is 6.09 Å². The van der Waals surface area contributed by atoms with Crippen molar-refractivity contribution in [2.24, 2.45) is 0 Å². The van der Waals surface area contributed by atoms with Gasteiger partial charge in [0.25, 0.3) is 0 Å². The summed E-state index contributed by atoms with van der Waals surface area (Å²) in [7, 11) is -3.26. The summed E-state index contributed by atoms with van der Waals surface area (Å²) in [6.07, 6.45) is 21.7. The van der Waals surface area contributed by atoms with Crippen molar-refractivity contribution < 1.29 is 22.8 Å². The Morgan fingerprint density at radius 2 is 0.914 bits per heavy atom. The Hall–Kier alpha value is -0.633. The van der Waals surface area contributed by atoms with Gasteiger partial charge in [-0.2, -0.15) is 0 Å². The summed E-state index contributed by atoms with van der Waals surface area (Å²) < 4.78 is 24.9. The maximum Gasteiger partial charge on any atom is 0.638 e. The molecule has 1 amide bonds. The van der Waals surface area contributed by atoms with Gasteiger partial charge in [-0.3, -0.25) is 4.57 Å². The molecule has 0 bridgehead atoms. The van der Waals surface area contributed by atoms with E-state index in [1.165, 1.54) is 89.9 Å². The molecule has 0 aliphatic rings. The van der Waals surface area contributed by atoms with Gasteiger partial charge >= 0.3 is 15.1 Å². The Balaban J connectivity index is 3.92. The summed E-state index contributed by atoms with van der Waals surface area (Å²) in [5, 5.41) is 0. The van der Waals surface area contributed by atoms with Crippen molar-refractivity contribution in [3.8, 4) is 0 Å². The van der Waals surface area contributed by atoms with E-state index in [4.69, 9.17) is 18.0 Å². The van der Waals surface area contributed by atoms with Crippen LogP contribution < -0.4 is 0 Å². The second-order valence-corrected chi connectivity index (χ2v) is 11.8. The minimum Gasteiger partial charge on any atom is -0.450 e. The molecule has 0 saturated carbocycles. The van der Waals surface area contributed by atoms with Crippen LogP contribution >= 0.6 is 0 Å². The third-order valence-corrected chi connectivity index (χ3v) is 9.23. The smallest absolute Gasteiger partial charge is 0.450 e. The van der Waals surface area contributed by atoms with Crippen LogP contribution in [0.15, 0.2) is 0 Å². The number of hydrogen-bond donors (Lipinski definition) is 0. The van der Waals surface area contributed by atoms with Crippen LogP contribution in [-0.4, -0.2) is 52.6 Å². The van der Waals surface area contributed by atoms with Crippen LogP contribution in [0.3, 0.4) is 0 Å². The van der Waals surface area contributed by atoms with Crippen LogP contribution in [0, 0.1) is 0 Å². The monoisotopic (exact) mass is 517 g/mol. The molecule has 0 N–H and O–H groups in total. The lowest BCUT2D eigenvalue weighted by Crippen LogP contribution is -2.63. The van der Waals surface area contributed by atoms with Crippen LogP contribution in [0.2, 0.25) is 0 Å². The zero-order valence-corrected chi connectivity index (χ0v) is 25.0. The fourth-order valence-electron chi connectivity index (χ4n) is 4.36. The number of amides is 1. The van der Waals surface area contributed by atoms with Gasteiger partial charge in [-0.25, -0.2) is 4.79 Å². The van der Waals surface area contributed by atoms with E-state index in [0.29, 0.717) is 33.0 Å². The second kappa shape index (κ2) is 25.0. The number of nitrogens with zero attached hydrogens (tertiary/aromatic N) is 1. The Kier molecular flexibility index (Phi) is 24.6. The molecule has 0 aromatic rings. The number of ether oxygens (including phenoxy) is 1. The van der Waals surface area contributed by atoms with Crippen molar-refractivity contribution in [3.63, 3.8) is 0 Å². The largest absolute Gasteiger partial charge is 0.638 e. The lowest BCUT2D eigenvalue weighted by Gasteiger charge is -2.36. The first kappa shape index (κ1) is 34.4. The minimum atomic E-state index is -3.26. The van der Waals surface area contributed by atoms with Crippen LogP contribution in [-0.2, 0) is 18.0 Å². The van der Waals surface area contributed by atoms with E-state index in [1.807, 2.05) is 27.7 Å². The fourth-order valence-corrected chi connectivity index (χ4v) is 6.95. The topological polar surface area (TPSA) is 57.2 Å². The number of hydrogen-bond acceptors (Lipinski definition) is 5. The van der Waals surface area contributed by atoms with Gasteiger partial charge in [-0.1, -0.05) is 110 Å². The molecular weight excluding hydrogens is 458 g/mol. The lowest BCUT2D eigenvalue weighted by molar-refractivity contribution is 0.0131. The average Bonchev–Trinajstić information content (AvgIpc) is 2.84. The standard InChI is InChI=1S/C28H59NO5Si/c1-6-11-12-13-14-15-16-17-18-19-20-21-22-23-24-25-27-31-28(30)29(26-7-2)35(32-8-3,33-9-4)34-10-5/h6-27H2,1-5H3. The van der Waals surface area contributed by atoms with Gasteiger partial charge in [0.05, 0.1) is 6.61 Å². The molecule has 0 aliphatic heterocycles. The zero-order chi connectivity index (χ0) is 26.0. The molecular formula is C28H59NO5Si. The summed E-state index contributed by atoms with van der Waals surface area (Å²) in [5.41, 5.74) is 0. The van der Waals surface area contributed by atoms with Gasteiger partial charge in [0, 0.05) is 26.4 Å². The Labute approximate surface area is 219 Å². The number of carbonyl (C=O) groups is 1. The van der Waals surface area contributed by atoms with Gasteiger partial charge in [-0.15, -0.1) is 0 Å². The van der Waals surface area contributed by atoms with E-state index in [2.05, 4.69) is 6.92 Å². The molecule has 0 aromatic carbocycles. The summed E-state index contributed by atoms with van der Waals surface area (Å²) in [6, 6.07) is 0. The van der Waals surface area contributed by atoms with Crippen molar-refractivity contribution >= 4 is 15.1 Å². The van der Waals surface area contributed by atoms with E-state index in [0.717, 1.165) is 19.3 Å². The highest BCUT2D eigenvalue weighted by atomic mass is 28.4. The first-order valence-corrected chi connectivity index (χ1v) is 16.6. The fraction of sp³-hybridized carbons (Fsp3) is 0.964. The molecule has 0 spiro atoms. The van der Waals surface area contributed by atoms with Crippen LogP contribution in [0.25, 0.3) is 0 Å². The third-order valence-electron chi connectivity index (χ3n) is 6.20. The molecule has 0 rings (SSSR count). The zero-order valence-electron chi connectivity index (χ0n) is 24.0. The van der Waals surface area contributed by atoms with Crippen LogP contribution in [0.5, 0.6) is 0 Å². The molecule has 7 heteroatoms. The van der Waals surface area contributed by atoms with Gasteiger partial charge < -0.3 is 18.0 Å². The molecule has 0 heterocycles. The summed E-state index contributed by atoms with van der Waals surface area (Å²) >= 11 is 0. The number of carbonyl (C=O) groups excluding carboxylic acids is 1. The number of rotatable bonds is 26. The normalized spacial score (nSPS) is 11.7. The lowest BCUT2D eigenvalue weighted by atomic mass is 10.0. The average molecular weight is 518 g/mol. The first-order chi connectivity index (χ1) is 17.1. The minimum absolute atomic E-state index is 0.380. The Morgan fingerprint density at radius 3 is 1.26 bits per heavy atom. The summed E-state index contributed by atoms with van der Waals surface area (Å²) in [4.78, 5) is 12.9. The van der Waals surface area contributed by atoms with Gasteiger partial charge in [0.2, 0.25) is 0 Å². The van der Waals surface area contributed by atoms with Crippen LogP contribution in [0.4, 0.5) is 4.79 Å². The van der Waals surface area contributed by atoms with Gasteiger partial charge in [0.15, 0.2) is 0 Å². The molecule has 0 atom stereocenters. The molecule has 0 fully saturated rings. The molecule has 0 unspecified atom stereocenters. The first-order valence-electron chi connectivity index (χ1n) is 15.0. The SMILES string of the molecule is CCCCCCCCCCCCCCCCCCOC(=O)N(CCC)[Si](OCC)(OCC)OCC. The number of unbranched alkanes of at least 4 members (excludes halogenated alkanes) is 15. The Morgan fingerprint density at radius 1 is 0.543 bits per heavy atom. The highest BCUT2D eigenvalue weighted by molar-refractivity contribution is 6.60. The molecule has 0 saturated heterocycles. The highest BCUT2D eigenvalue weighted by Gasteiger charge is 2.52. The maximum absolute atomic E-state index is 12.9. The third kappa shape index (κ3) is 17.5. The van der Waals surface area contributed by atoms with Crippen molar-refractivity contribution in [2.75, 3.05) is 33.0 Å². The second-order valence-electron chi connectivity index (χ2n) is 9.39. The molecule has 0 aliphatic carbocycles. The quantitative estimate of drug-likeness (QED) is 0.0848. The molecule has 0 aromatic heterocycles. The molecule has 6 nitrogen and oxygen atoms in total. The molecule has 0 radical (unpaired) electrons. The summed E-state index contributed by atoms with van der Waals surface area (Å²) in [6.45, 7) is 12.2. The van der Waals surface area contributed by atoms with Crippen molar-refractivity contribution in [2.45, 2.75) is 144 Å². The maximum atomic E-state index is 12.9. The van der Waals surface area contributed by atoms with E-state index >= 15 is 0 Å². The van der Waals surface area contributed by atoms with E-state index in [9.17, 15) is 4.79 Å². The van der Waals surface area contributed by atoms with Gasteiger partial charge in [0.1, 0.15) is 0 Å². The summed E-state index contributed by atoms with van der Waals surface area (Å²) in [5.74, 6) is 0. The van der Waals surface area contributed by atoms with E-state index in [1.54, 1.807) is 4.57 Å². The van der Waals surface area contributed by atoms with Crippen molar-refractivity contribution in [3.05, 3.63) is 0 Å². The predicted molar refractivity (Wildman–Crippen MR) is 149 cm³/mol. The van der Waals surface area contributed by atoms with Crippen LogP contribution in [0.1, 0.15) is 144 Å². The highest BCUT2D eigenvalue weighted by Crippen LogP contribution is 2.19. The molecule has 210 valence electrons. The van der Waals surface area contributed by atoms with Crippen molar-refractivity contribution in [1.82, 2.24) is 4.57 Å². The Bertz CT molecular complexity index is 450. The molecule has 35 heavy (non-hydrogen) atoms. The predicted octanol–water partition coefficient (Wildman–Crippen LogP) is 8.64.